The van der Waals surface area contributed by atoms with E-state index in [9.17, 15) is 4.39 Å². The van der Waals surface area contributed by atoms with E-state index in [1.807, 2.05) is 19.1 Å². The summed E-state index contributed by atoms with van der Waals surface area (Å²) < 4.78 is 20.8. The fraction of sp³-hybridized carbons (Fsp3) is 0.250. The van der Waals surface area contributed by atoms with Crippen LogP contribution in [0.4, 0.5) is 4.39 Å². The first kappa shape index (κ1) is 14.1. The molecule has 0 amide bonds. The van der Waals surface area contributed by atoms with E-state index in [-0.39, 0.29) is 10.6 Å². The van der Waals surface area contributed by atoms with E-state index in [1.54, 1.807) is 6.07 Å². The predicted molar refractivity (Wildman–Crippen MR) is 85.2 cm³/mol. The van der Waals surface area contributed by atoms with Gasteiger partial charge in [0.05, 0.1) is 11.4 Å². The molecule has 20 heavy (non-hydrogen) atoms. The van der Waals surface area contributed by atoms with Crippen LogP contribution in [0.15, 0.2) is 34.8 Å². The van der Waals surface area contributed by atoms with E-state index < -0.39 is 0 Å². The Labute approximate surface area is 134 Å². The molecule has 2 aromatic carbocycles. The van der Waals surface area contributed by atoms with E-state index in [2.05, 4.69) is 37.9 Å². The van der Waals surface area contributed by atoms with Crippen molar-refractivity contribution < 1.29 is 9.13 Å². The number of rotatable bonds is 2. The van der Waals surface area contributed by atoms with Crippen LogP contribution in [-0.2, 0) is 6.42 Å². The van der Waals surface area contributed by atoms with Crippen LogP contribution in [0.25, 0.3) is 0 Å². The van der Waals surface area contributed by atoms with Crippen molar-refractivity contribution in [2.75, 3.05) is 6.61 Å². The lowest BCUT2D eigenvalue weighted by Gasteiger charge is -2.16. The third-order valence-electron chi connectivity index (χ3n) is 3.47. The van der Waals surface area contributed by atoms with E-state index in [0.29, 0.717) is 12.2 Å². The normalized spacial score (nSPS) is 14.8. The van der Waals surface area contributed by atoms with E-state index in [4.69, 9.17) is 4.74 Å². The Morgan fingerprint density at radius 2 is 2.00 bits per heavy atom. The van der Waals surface area contributed by atoms with Crippen LogP contribution in [0.2, 0.25) is 0 Å². The van der Waals surface area contributed by atoms with Gasteiger partial charge in [-0.15, -0.1) is 0 Å². The molecular formula is C16H13Br2FO. The first-order valence-corrected chi connectivity index (χ1v) is 8.12. The summed E-state index contributed by atoms with van der Waals surface area (Å²) in [4.78, 5) is -0.216. The largest absolute Gasteiger partial charge is 0.493 e. The van der Waals surface area contributed by atoms with Crippen molar-refractivity contribution >= 4 is 31.9 Å². The molecule has 3 rings (SSSR count). The third-order valence-corrected chi connectivity index (χ3v) is 4.92. The predicted octanol–water partition coefficient (Wildman–Crippen LogP) is 5.32. The number of alkyl halides is 1. The Morgan fingerprint density at radius 1 is 1.20 bits per heavy atom. The summed E-state index contributed by atoms with van der Waals surface area (Å²) >= 11 is 7.15. The average Bonchev–Trinajstić information content (AvgIpc) is 2.87. The summed E-state index contributed by atoms with van der Waals surface area (Å²) in [6.07, 6.45) is 0.901. The summed E-state index contributed by atoms with van der Waals surface area (Å²) in [5.74, 6) is 0.681. The Morgan fingerprint density at radius 3 is 2.80 bits per heavy atom. The van der Waals surface area contributed by atoms with Gasteiger partial charge in [-0.2, -0.15) is 0 Å². The van der Waals surface area contributed by atoms with Crippen LogP contribution in [0.3, 0.4) is 0 Å². The maximum absolute atomic E-state index is 14.1. The van der Waals surface area contributed by atoms with Gasteiger partial charge in [0.2, 0.25) is 0 Å². The van der Waals surface area contributed by atoms with Gasteiger partial charge in [0.1, 0.15) is 11.6 Å². The number of halogens is 3. The van der Waals surface area contributed by atoms with Crippen molar-refractivity contribution in [2.24, 2.45) is 0 Å². The fourth-order valence-electron chi connectivity index (χ4n) is 2.51. The number of fused-ring (bicyclic) bond motifs is 1. The number of hydrogen-bond donors (Lipinski definition) is 0. The van der Waals surface area contributed by atoms with Crippen LogP contribution < -0.4 is 4.74 Å². The van der Waals surface area contributed by atoms with Gasteiger partial charge >= 0.3 is 0 Å². The van der Waals surface area contributed by atoms with Gasteiger partial charge in [-0.05, 0) is 30.7 Å². The standard InChI is InChI=1S/C16H13Br2FO/c1-9-2-3-14(19)12(6-9)15(18)13-8-11(17)7-10-4-5-20-16(10)13/h2-3,6-8,15H,4-5H2,1H3. The van der Waals surface area contributed by atoms with Gasteiger partial charge < -0.3 is 4.74 Å². The molecule has 0 aromatic heterocycles. The number of hydrogen-bond acceptors (Lipinski definition) is 1. The van der Waals surface area contributed by atoms with E-state index >= 15 is 0 Å². The van der Waals surface area contributed by atoms with Crippen LogP contribution in [0, 0.1) is 12.7 Å². The second-order valence-electron chi connectivity index (χ2n) is 4.97. The highest BCUT2D eigenvalue weighted by molar-refractivity contribution is 9.10. The highest BCUT2D eigenvalue weighted by Crippen LogP contribution is 2.43. The molecule has 0 N–H and O–H groups in total. The van der Waals surface area contributed by atoms with Crippen LogP contribution in [0.5, 0.6) is 5.75 Å². The minimum Gasteiger partial charge on any atom is -0.493 e. The molecule has 1 aliphatic rings. The maximum Gasteiger partial charge on any atom is 0.127 e. The second-order valence-corrected chi connectivity index (χ2v) is 6.80. The summed E-state index contributed by atoms with van der Waals surface area (Å²) in [6, 6.07) is 9.22. The van der Waals surface area contributed by atoms with E-state index in [1.165, 1.54) is 11.6 Å². The van der Waals surface area contributed by atoms with Crippen LogP contribution >= 0.6 is 31.9 Å². The van der Waals surface area contributed by atoms with Crippen LogP contribution in [-0.4, -0.2) is 6.61 Å². The molecule has 0 radical (unpaired) electrons. The Hall–Kier alpha value is -0.870. The lowest BCUT2D eigenvalue weighted by molar-refractivity contribution is 0.354. The quantitative estimate of drug-likeness (QED) is 0.621. The lowest BCUT2D eigenvalue weighted by Crippen LogP contribution is -2.00. The molecule has 2 aromatic rings. The van der Waals surface area contributed by atoms with Gasteiger partial charge in [-0.25, -0.2) is 4.39 Å². The summed E-state index contributed by atoms with van der Waals surface area (Å²) in [5.41, 5.74) is 3.82. The first-order valence-electron chi connectivity index (χ1n) is 6.41. The minimum absolute atomic E-state index is 0.204. The Balaban J connectivity index is 2.11. The van der Waals surface area contributed by atoms with Crippen molar-refractivity contribution in [1.82, 2.24) is 0 Å². The van der Waals surface area contributed by atoms with Crippen LogP contribution in [0.1, 0.15) is 27.1 Å². The molecule has 1 heterocycles. The minimum atomic E-state index is -0.216. The summed E-state index contributed by atoms with van der Waals surface area (Å²) in [7, 11) is 0. The topological polar surface area (TPSA) is 9.23 Å². The highest BCUT2D eigenvalue weighted by atomic mass is 79.9. The fourth-order valence-corrected chi connectivity index (χ4v) is 3.73. The number of aryl methyl sites for hydroxylation is 1. The zero-order valence-electron chi connectivity index (χ0n) is 10.9. The molecule has 1 nitrogen and oxygen atoms in total. The Kier molecular flexibility index (Phi) is 3.87. The molecule has 0 aliphatic carbocycles. The molecule has 1 aliphatic heterocycles. The van der Waals surface area contributed by atoms with Gasteiger partial charge in [0, 0.05) is 22.0 Å². The van der Waals surface area contributed by atoms with Crippen molar-refractivity contribution in [1.29, 1.82) is 0 Å². The zero-order chi connectivity index (χ0) is 14.3. The van der Waals surface area contributed by atoms with Gasteiger partial charge in [-0.1, -0.05) is 49.6 Å². The monoisotopic (exact) mass is 398 g/mol. The molecule has 0 saturated carbocycles. The van der Waals surface area contributed by atoms with Gasteiger partial charge in [0.15, 0.2) is 0 Å². The third kappa shape index (κ3) is 2.51. The molecule has 0 fully saturated rings. The van der Waals surface area contributed by atoms with Crippen molar-refractivity contribution in [3.05, 3.63) is 62.9 Å². The molecular weight excluding hydrogens is 387 g/mol. The second kappa shape index (κ2) is 5.49. The zero-order valence-corrected chi connectivity index (χ0v) is 14.1. The van der Waals surface area contributed by atoms with E-state index in [0.717, 1.165) is 27.8 Å². The smallest absolute Gasteiger partial charge is 0.127 e. The first-order chi connectivity index (χ1) is 9.56. The summed E-state index contributed by atoms with van der Waals surface area (Å²) in [6.45, 7) is 2.65. The van der Waals surface area contributed by atoms with Crippen molar-refractivity contribution in [3.8, 4) is 5.75 Å². The molecule has 1 unspecified atom stereocenters. The highest BCUT2D eigenvalue weighted by Gasteiger charge is 2.24. The molecule has 0 spiro atoms. The molecule has 1 atom stereocenters. The SMILES string of the molecule is Cc1ccc(F)c(C(Br)c2cc(Br)cc3c2OCC3)c1. The molecule has 104 valence electrons. The van der Waals surface area contributed by atoms with Crippen molar-refractivity contribution in [3.63, 3.8) is 0 Å². The molecule has 4 heteroatoms. The van der Waals surface area contributed by atoms with Crippen molar-refractivity contribution in [2.45, 2.75) is 18.2 Å². The van der Waals surface area contributed by atoms with Gasteiger partial charge in [-0.3, -0.25) is 0 Å². The maximum atomic E-state index is 14.1. The number of ether oxygens (including phenoxy) is 1. The summed E-state index contributed by atoms with van der Waals surface area (Å²) in [5, 5.41) is 0. The average molecular weight is 400 g/mol. The lowest BCUT2D eigenvalue weighted by atomic mass is 9.99. The Bertz CT molecular complexity index is 670. The number of benzene rings is 2. The molecule has 0 saturated heterocycles. The molecule has 0 bridgehead atoms. The van der Waals surface area contributed by atoms with Gasteiger partial charge in [0.25, 0.3) is 0 Å².